The van der Waals surface area contributed by atoms with Crippen LogP contribution in [0.5, 0.6) is 0 Å². The molecule has 0 bridgehead atoms. The monoisotopic (exact) mass is 414 g/mol. The van der Waals surface area contributed by atoms with Crippen molar-refractivity contribution >= 4 is 16.8 Å². The zero-order valence-electron chi connectivity index (χ0n) is 18.2. The van der Waals surface area contributed by atoms with Crippen molar-refractivity contribution in [1.29, 1.82) is 0 Å². The summed E-state index contributed by atoms with van der Waals surface area (Å²) in [5.41, 5.74) is 4.83. The first kappa shape index (κ1) is 20.2. The Morgan fingerprint density at radius 2 is 1.81 bits per heavy atom. The summed E-state index contributed by atoms with van der Waals surface area (Å²) in [6.45, 7) is 4.78. The van der Waals surface area contributed by atoms with Gasteiger partial charge in [-0.2, -0.15) is 0 Å². The van der Waals surface area contributed by atoms with Crippen LogP contribution < -0.4 is 0 Å². The normalized spacial score (nSPS) is 20.8. The molecule has 5 rings (SSSR count). The number of hydrogen-bond acceptors (Lipinski definition) is 3. The minimum atomic E-state index is -0.188. The van der Waals surface area contributed by atoms with E-state index in [4.69, 9.17) is 4.74 Å². The molecule has 1 aromatic heterocycles. The summed E-state index contributed by atoms with van der Waals surface area (Å²) < 4.78 is 5.59. The number of carbonyl (C=O) groups is 1. The molecule has 2 fully saturated rings. The van der Waals surface area contributed by atoms with Gasteiger partial charge < -0.3 is 9.64 Å². The Balaban J connectivity index is 1.23. The Morgan fingerprint density at radius 3 is 2.55 bits per heavy atom. The molecule has 0 saturated carbocycles. The van der Waals surface area contributed by atoms with Gasteiger partial charge in [0.15, 0.2) is 0 Å². The van der Waals surface area contributed by atoms with Gasteiger partial charge in [-0.05, 0) is 66.3 Å². The number of hydrogen-bond donors (Lipinski definition) is 0. The Hall–Kier alpha value is -2.72. The maximum Gasteiger partial charge on any atom is 0.251 e. The van der Waals surface area contributed by atoms with Crippen LogP contribution in [0.4, 0.5) is 0 Å². The van der Waals surface area contributed by atoms with Gasteiger partial charge in [0.05, 0.1) is 5.52 Å². The standard InChI is InChI=1S/C27H30N2O2/c1-19(21-12-15-29(16-13-21)27(30)26-5-3-17-31-26)20-6-8-22(9-7-20)24-11-10-23-4-2-14-28-25(23)18-24/h2,4,6-11,14,18-19,21,26H,3,5,12-13,15-17H2,1H3. The number of amides is 1. The van der Waals surface area contributed by atoms with Gasteiger partial charge in [-0.1, -0.05) is 49.4 Å². The van der Waals surface area contributed by atoms with Crippen molar-refractivity contribution in [3.05, 3.63) is 66.4 Å². The van der Waals surface area contributed by atoms with Crippen LogP contribution >= 0.6 is 0 Å². The van der Waals surface area contributed by atoms with E-state index in [9.17, 15) is 4.79 Å². The molecular formula is C27H30N2O2. The summed E-state index contributed by atoms with van der Waals surface area (Å²) in [6.07, 6.45) is 5.68. The molecule has 2 aliphatic rings. The predicted molar refractivity (Wildman–Crippen MR) is 124 cm³/mol. The second kappa shape index (κ2) is 8.80. The summed E-state index contributed by atoms with van der Waals surface area (Å²) in [6, 6.07) is 19.5. The summed E-state index contributed by atoms with van der Waals surface area (Å²) in [5, 5.41) is 1.17. The van der Waals surface area contributed by atoms with E-state index in [-0.39, 0.29) is 12.0 Å². The average Bonchev–Trinajstić information content (AvgIpc) is 3.38. The number of pyridine rings is 1. The van der Waals surface area contributed by atoms with Crippen molar-refractivity contribution < 1.29 is 9.53 Å². The molecule has 2 saturated heterocycles. The van der Waals surface area contributed by atoms with Gasteiger partial charge in [0.2, 0.25) is 0 Å². The first-order chi connectivity index (χ1) is 15.2. The highest BCUT2D eigenvalue weighted by Gasteiger charge is 2.32. The van der Waals surface area contributed by atoms with Crippen LogP contribution in [0.1, 0.15) is 44.1 Å². The van der Waals surface area contributed by atoms with Crippen LogP contribution in [0.3, 0.4) is 0 Å². The third-order valence-electron chi connectivity index (χ3n) is 7.14. The highest BCUT2D eigenvalue weighted by atomic mass is 16.5. The largest absolute Gasteiger partial charge is 0.368 e. The van der Waals surface area contributed by atoms with Crippen molar-refractivity contribution in [2.75, 3.05) is 19.7 Å². The number of fused-ring (bicyclic) bond motifs is 1. The number of rotatable bonds is 4. The molecule has 2 aromatic carbocycles. The molecule has 0 N–H and O–H groups in total. The van der Waals surface area contributed by atoms with Gasteiger partial charge in [-0.25, -0.2) is 0 Å². The smallest absolute Gasteiger partial charge is 0.251 e. The average molecular weight is 415 g/mol. The van der Waals surface area contributed by atoms with E-state index in [1.165, 1.54) is 22.1 Å². The second-order valence-corrected chi connectivity index (χ2v) is 8.99. The van der Waals surface area contributed by atoms with E-state index >= 15 is 0 Å². The maximum absolute atomic E-state index is 12.6. The third kappa shape index (κ3) is 4.22. The van der Waals surface area contributed by atoms with Crippen LogP contribution in [-0.2, 0) is 9.53 Å². The van der Waals surface area contributed by atoms with Crippen molar-refractivity contribution in [2.24, 2.45) is 5.92 Å². The van der Waals surface area contributed by atoms with Crippen LogP contribution in [0.25, 0.3) is 22.0 Å². The predicted octanol–water partition coefficient (Wildman–Crippen LogP) is 5.42. The molecule has 2 aliphatic heterocycles. The minimum absolute atomic E-state index is 0.188. The third-order valence-corrected chi connectivity index (χ3v) is 7.14. The summed E-state index contributed by atoms with van der Waals surface area (Å²) in [5.74, 6) is 1.31. The van der Waals surface area contributed by atoms with E-state index < -0.39 is 0 Å². The molecule has 2 atom stereocenters. The van der Waals surface area contributed by atoms with Crippen LogP contribution in [0.2, 0.25) is 0 Å². The Kier molecular flexibility index (Phi) is 5.73. The number of carbonyl (C=O) groups excluding carboxylic acids is 1. The molecule has 160 valence electrons. The topological polar surface area (TPSA) is 42.4 Å². The molecular weight excluding hydrogens is 384 g/mol. The van der Waals surface area contributed by atoms with Crippen molar-refractivity contribution in [3.63, 3.8) is 0 Å². The number of aromatic nitrogens is 1. The van der Waals surface area contributed by atoms with E-state index in [1.807, 2.05) is 17.2 Å². The van der Waals surface area contributed by atoms with Crippen LogP contribution in [0, 0.1) is 5.92 Å². The number of ether oxygens (including phenoxy) is 1. The lowest BCUT2D eigenvalue weighted by Gasteiger charge is -2.36. The summed E-state index contributed by atoms with van der Waals surface area (Å²) in [7, 11) is 0. The van der Waals surface area contributed by atoms with E-state index in [0.29, 0.717) is 11.8 Å². The Bertz CT molecular complexity index is 1050. The number of likely N-dealkylation sites (tertiary alicyclic amines) is 1. The molecule has 4 heteroatoms. The molecule has 0 radical (unpaired) electrons. The van der Waals surface area contributed by atoms with Crippen molar-refractivity contribution in [1.82, 2.24) is 9.88 Å². The quantitative estimate of drug-likeness (QED) is 0.572. The van der Waals surface area contributed by atoms with Gasteiger partial charge in [0.1, 0.15) is 6.10 Å². The zero-order valence-corrected chi connectivity index (χ0v) is 18.2. The van der Waals surface area contributed by atoms with Crippen LogP contribution in [0.15, 0.2) is 60.8 Å². The maximum atomic E-state index is 12.6. The van der Waals surface area contributed by atoms with Crippen molar-refractivity contribution in [2.45, 2.75) is 44.6 Å². The zero-order chi connectivity index (χ0) is 21.2. The van der Waals surface area contributed by atoms with E-state index in [2.05, 4.69) is 60.4 Å². The fraction of sp³-hybridized carbons (Fsp3) is 0.407. The van der Waals surface area contributed by atoms with Gasteiger partial charge in [0, 0.05) is 31.3 Å². The van der Waals surface area contributed by atoms with Gasteiger partial charge in [0.25, 0.3) is 5.91 Å². The molecule has 2 unspecified atom stereocenters. The minimum Gasteiger partial charge on any atom is -0.368 e. The van der Waals surface area contributed by atoms with Crippen LogP contribution in [-0.4, -0.2) is 41.6 Å². The lowest BCUT2D eigenvalue weighted by molar-refractivity contribution is -0.142. The first-order valence-electron chi connectivity index (χ1n) is 11.5. The highest BCUT2D eigenvalue weighted by molar-refractivity contribution is 5.84. The van der Waals surface area contributed by atoms with Gasteiger partial charge >= 0.3 is 0 Å². The number of nitrogens with zero attached hydrogens (tertiary/aromatic N) is 2. The van der Waals surface area contributed by atoms with Crippen molar-refractivity contribution in [3.8, 4) is 11.1 Å². The van der Waals surface area contributed by atoms with E-state index in [1.54, 1.807) is 0 Å². The fourth-order valence-corrected chi connectivity index (χ4v) is 5.09. The summed E-state index contributed by atoms with van der Waals surface area (Å²) in [4.78, 5) is 19.1. The molecule has 1 amide bonds. The molecule has 3 aromatic rings. The molecule has 4 nitrogen and oxygen atoms in total. The van der Waals surface area contributed by atoms with Gasteiger partial charge in [-0.15, -0.1) is 0 Å². The molecule has 0 spiro atoms. The van der Waals surface area contributed by atoms with Gasteiger partial charge in [-0.3, -0.25) is 9.78 Å². The number of piperidine rings is 1. The fourth-order valence-electron chi connectivity index (χ4n) is 5.09. The number of benzene rings is 2. The highest BCUT2D eigenvalue weighted by Crippen LogP contribution is 2.34. The second-order valence-electron chi connectivity index (χ2n) is 8.99. The Labute approximate surface area is 184 Å². The summed E-state index contributed by atoms with van der Waals surface area (Å²) >= 11 is 0. The lowest BCUT2D eigenvalue weighted by Crippen LogP contribution is -2.44. The molecule has 0 aliphatic carbocycles. The lowest BCUT2D eigenvalue weighted by atomic mass is 9.81. The molecule has 3 heterocycles. The SMILES string of the molecule is CC(c1ccc(-c2ccc3cccnc3c2)cc1)C1CCN(C(=O)C2CCCO2)CC1. The Morgan fingerprint density at radius 1 is 1.03 bits per heavy atom. The molecule has 31 heavy (non-hydrogen) atoms. The first-order valence-corrected chi connectivity index (χ1v) is 11.5. The van der Waals surface area contributed by atoms with E-state index in [0.717, 1.165) is 50.9 Å².